The molecule has 0 aromatic heterocycles. The highest BCUT2D eigenvalue weighted by atomic mass is 35.5. The summed E-state index contributed by atoms with van der Waals surface area (Å²) in [7, 11) is 2.86. The summed E-state index contributed by atoms with van der Waals surface area (Å²) in [6.07, 6.45) is 0.812. The van der Waals surface area contributed by atoms with Crippen LogP contribution in [0.15, 0.2) is 66.2 Å². The number of benzene rings is 3. The smallest absolute Gasteiger partial charge is 0.300 e. The average Bonchev–Trinajstić information content (AvgIpc) is 3.18. The second kappa shape index (κ2) is 11.0. The van der Waals surface area contributed by atoms with E-state index in [2.05, 4.69) is 5.32 Å². The number of aryl methyl sites for hydroxylation is 1. The summed E-state index contributed by atoms with van der Waals surface area (Å²) < 4.78 is 10.7. The first-order valence-corrected chi connectivity index (χ1v) is 12.3. The number of hydrogen-bond acceptors (Lipinski definition) is 6. The van der Waals surface area contributed by atoms with Gasteiger partial charge in [0, 0.05) is 24.4 Å². The van der Waals surface area contributed by atoms with Crippen molar-refractivity contribution in [2.45, 2.75) is 26.3 Å². The molecule has 1 aliphatic rings. The van der Waals surface area contributed by atoms with Gasteiger partial charge in [0.2, 0.25) is 5.91 Å². The van der Waals surface area contributed by atoms with Gasteiger partial charge in [0.1, 0.15) is 17.3 Å². The Kier molecular flexibility index (Phi) is 7.73. The third kappa shape index (κ3) is 4.95. The summed E-state index contributed by atoms with van der Waals surface area (Å²) in [5.41, 5.74) is 2.71. The van der Waals surface area contributed by atoms with Crippen molar-refractivity contribution in [1.82, 2.24) is 0 Å². The Morgan fingerprint density at radius 1 is 1.00 bits per heavy atom. The molecule has 8 nitrogen and oxygen atoms in total. The first kappa shape index (κ1) is 26.8. The number of amides is 2. The number of anilines is 2. The Hall–Kier alpha value is -4.30. The number of rotatable bonds is 7. The van der Waals surface area contributed by atoms with Gasteiger partial charge in [-0.3, -0.25) is 19.3 Å². The number of hydrogen-bond donors (Lipinski definition) is 2. The Morgan fingerprint density at radius 3 is 2.18 bits per heavy atom. The van der Waals surface area contributed by atoms with E-state index < -0.39 is 23.5 Å². The molecule has 3 aromatic rings. The van der Waals surface area contributed by atoms with Gasteiger partial charge in [-0.05, 0) is 47.9 Å². The molecule has 0 aliphatic carbocycles. The molecular weight excluding hydrogens is 508 g/mol. The van der Waals surface area contributed by atoms with Crippen LogP contribution in [0, 0.1) is 0 Å². The minimum Gasteiger partial charge on any atom is -0.507 e. The van der Waals surface area contributed by atoms with Crippen LogP contribution in [-0.4, -0.2) is 36.9 Å². The molecule has 0 bridgehead atoms. The largest absolute Gasteiger partial charge is 0.507 e. The summed E-state index contributed by atoms with van der Waals surface area (Å²) in [4.78, 5) is 39.7. The zero-order valence-corrected chi connectivity index (χ0v) is 22.1. The molecular formula is C29H27ClN2O6. The number of nitrogens with one attached hydrogen (secondary N) is 1. The standard InChI is InChI=1S/C29H27ClN2O6/c1-5-17-6-8-18(9-7-17)26-25(27(34)21-14-22(30)24(38-4)15-23(21)37-3)28(35)29(36)32(26)20-12-10-19(11-13-20)31-16(2)33/h6-15,26,34H,5H2,1-4H3,(H,31,33)/b27-25+. The number of ketones is 1. The zero-order chi connectivity index (χ0) is 27.6. The molecule has 1 fully saturated rings. The molecule has 2 amide bonds. The van der Waals surface area contributed by atoms with E-state index in [0.717, 1.165) is 12.0 Å². The molecule has 196 valence electrons. The van der Waals surface area contributed by atoms with Crippen molar-refractivity contribution in [3.05, 3.63) is 87.9 Å². The highest BCUT2D eigenvalue weighted by Crippen LogP contribution is 2.45. The molecule has 9 heteroatoms. The first-order valence-electron chi connectivity index (χ1n) is 11.9. The van der Waals surface area contributed by atoms with Crippen molar-refractivity contribution >= 4 is 46.3 Å². The van der Waals surface area contributed by atoms with Crippen molar-refractivity contribution in [2.24, 2.45) is 0 Å². The van der Waals surface area contributed by atoms with E-state index in [1.165, 1.54) is 38.2 Å². The Bertz CT molecular complexity index is 1430. The second-order valence-electron chi connectivity index (χ2n) is 8.68. The number of Topliss-reactive ketones (excluding diaryl/α,β-unsaturated/α-hetero) is 1. The van der Waals surface area contributed by atoms with E-state index in [0.29, 0.717) is 22.7 Å². The van der Waals surface area contributed by atoms with Crippen LogP contribution < -0.4 is 19.7 Å². The van der Waals surface area contributed by atoms with Crippen molar-refractivity contribution in [2.75, 3.05) is 24.4 Å². The first-order chi connectivity index (χ1) is 18.2. The van der Waals surface area contributed by atoms with Gasteiger partial charge < -0.3 is 19.9 Å². The summed E-state index contributed by atoms with van der Waals surface area (Å²) in [6.45, 7) is 3.42. The van der Waals surface area contributed by atoms with Gasteiger partial charge in [-0.25, -0.2) is 0 Å². The Morgan fingerprint density at radius 2 is 1.63 bits per heavy atom. The third-order valence-corrected chi connectivity index (χ3v) is 6.64. The maximum atomic E-state index is 13.5. The Balaban J connectivity index is 1.92. The number of nitrogens with zero attached hydrogens (tertiary/aromatic N) is 1. The van der Waals surface area contributed by atoms with E-state index >= 15 is 0 Å². The van der Waals surface area contributed by atoms with Gasteiger partial charge in [-0.15, -0.1) is 0 Å². The number of carbonyl (C=O) groups is 3. The fraction of sp³-hybridized carbons (Fsp3) is 0.207. The van der Waals surface area contributed by atoms with Gasteiger partial charge in [-0.2, -0.15) is 0 Å². The van der Waals surface area contributed by atoms with Gasteiger partial charge in [0.25, 0.3) is 11.7 Å². The fourth-order valence-corrected chi connectivity index (χ4v) is 4.69. The maximum Gasteiger partial charge on any atom is 0.300 e. The second-order valence-corrected chi connectivity index (χ2v) is 9.09. The molecule has 3 aromatic carbocycles. The fourth-order valence-electron chi connectivity index (χ4n) is 4.45. The number of halogens is 1. The lowest BCUT2D eigenvalue weighted by molar-refractivity contribution is -0.132. The normalized spacial score (nSPS) is 16.4. The average molecular weight is 535 g/mol. The number of ether oxygens (including phenoxy) is 2. The molecule has 2 N–H and O–H groups in total. The van der Waals surface area contributed by atoms with Crippen LogP contribution in [0.4, 0.5) is 11.4 Å². The summed E-state index contributed by atoms with van der Waals surface area (Å²) in [6, 6.07) is 16.0. The molecule has 1 heterocycles. The molecule has 1 saturated heterocycles. The van der Waals surface area contributed by atoms with Crippen molar-refractivity contribution in [1.29, 1.82) is 0 Å². The van der Waals surface area contributed by atoms with Crippen LogP contribution in [0.5, 0.6) is 11.5 Å². The van der Waals surface area contributed by atoms with Crippen molar-refractivity contribution in [3.8, 4) is 11.5 Å². The highest BCUT2D eigenvalue weighted by molar-refractivity contribution is 6.51. The van der Waals surface area contributed by atoms with Gasteiger partial charge in [-0.1, -0.05) is 42.8 Å². The van der Waals surface area contributed by atoms with E-state index in [9.17, 15) is 19.5 Å². The van der Waals surface area contributed by atoms with E-state index in [1.807, 2.05) is 31.2 Å². The van der Waals surface area contributed by atoms with Crippen molar-refractivity contribution in [3.63, 3.8) is 0 Å². The molecule has 1 aliphatic heterocycles. The third-order valence-electron chi connectivity index (χ3n) is 6.34. The lowest BCUT2D eigenvalue weighted by Crippen LogP contribution is -2.29. The summed E-state index contributed by atoms with van der Waals surface area (Å²) >= 11 is 6.33. The number of carbonyl (C=O) groups excluding carboxylic acids is 3. The van der Waals surface area contributed by atoms with Crippen LogP contribution in [0.3, 0.4) is 0 Å². The van der Waals surface area contributed by atoms with Crippen LogP contribution >= 0.6 is 11.6 Å². The van der Waals surface area contributed by atoms with Gasteiger partial charge >= 0.3 is 0 Å². The lowest BCUT2D eigenvalue weighted by atomic mass is 9.94. The zero-order valence-electron chi connectivity index (χ0n) is 21.4. The number of aliphatic hydroxyl groups is 1. The van der Waals surface area contributed by atoms with Crippen LogP contribution in [0.2, 0.25) is 5.02 Å². The number of methoxy groups -OCH3 is 2. The van der Waals surface area contributed by atoms with Crippen LogP contribution in [0.1, 0.15) is 36.6 Å². The SMILES string of the molecule is CCc1ccc(C2/C(=C(\O)c3cc(Cl)c(OC)cc3OC)C(=O)C(=O)N2c2ccc(NC(C)=O)cc2)cc1. The van der Waals surface area contributed by atoms with Crippen LogP contribution in [-0.2, 0) is 20.8 Å². The van der Waals surface area contributed by atoms with Gasteiger partial charge in [0.15, 0.2) is 0 Å². The molecule has 1 unspecified atom stereocenters. The minimum atomic E-state index is -0.932. The number of aliphatic hydroxyl groups excluding tert-OH is 1. The van der Waals surface area contributed by atoms with E-state index in [1.54, 1.807) is 24.3 Å². The molecule has 1 atom stereocenters. The molecule has 38 heavy (non-hydrogen) atoms. The van der Waals surface area contributed by atoms with Gasteiger partial charge in [0.05, 0.1) is 36.4 Å². The van der Waals surface area contributed by atoms with E-state index in [-0.39, 0.29) is 27.8 Å². The monoisotopic (exact) mass is 534 g/mol. The van der Waals surface area contributed by atoms with Crippen LogP contribution in [0.25, 0.3) is 5.76 Å². The highest BCUT2D eigenvalue weighted by Gasteiger charge is 2.47. The summed E-state index contributed by atoms with van der Waals surface area (Å²) in [5, 5.41) is 14.4. The maximum absolute atomic E-state index is 13.5. The van der Waals surface area contributed by atoms with Crippen molar-refractivity contribution < 1.29 is 29.0 Å². The predicted octanol–water partition coefficient (Wildman–Crippen LogP) is 5.50. The molecule has 4 rings (SSSR count). The quantitative estimate of drug-likeness (QED) is 0.235. The molecule has 0 spiro atoms. The van der Waals surface area contributed by atoms with E-state index in [4.69, 9.17) is 21.1 Å². The predicted molar refractivity (Wildman–Crippen MR) is 146 cm³/mol. The minimum absolute atomic E-state index is 0.107. The topological polar surface area (TPSA) is 105 Å². The molecule has 0 saturated carbocycles. The lowest BCUT2D eigenvalue weighted by Gasteiger charge is -2.26. The Labute approximate surface area is 225 Å². The molecule has 0 radical (unpaired) electrons. The summed E-state index contributed by atoms with van der Waals surface area (Å²) in [5.74, 6) is -1.77.